The Labute approximate surface area is 107 Å². The summed E-state index contributed by atoms with van der Waals surface area (Å²) in [6, 6.07) is 13.4. The minimum Gasteiger partial charge on any atom is -0.495 e. The second-order valence-corrected chi connectivity index (χ2v) is 5.89. The molecule has 0 saturated carbocycles. The third kappa shape index (κ3) is 2.24. The van der Waals surface area contributed by atoms with Crippen molar-refractivity contribution in [3.05, 3.63) is 54.1 Å². The van der Waals surface area contributed by atoms with E-state index < -0.39 is 9.84 Å². The highest BCUT2D eigenvalue weighted by atomic mass is 32.2. The molecule has 2 aromatic carbocycles. The topological polar surface area (TPSA) is 43.4 Å². The Balaban J connectivity index is 2.58. The van der Waals surface area contributed by atoms with E-state index in [4.69, 9.17) is 4.74 Å². The van der Waals surface area contributed by atoms with Crippen molar-refractivity contribution in [2.24, 2.45) is 0 Å². The lowest BCUT2D eigenvalue weighted by Crippen LogP contribution is -2.04. The number of rotatable bonds is 3. The van der Waals surface area contributed by atoms with Crippen LogP contribution in [0, 0.1) is 6.92 Å². The normalized spacial score (nSPS) is 11.2. The van der Waals surface area contributed by atoms with Gasteiger partial charge in [-0.3, -0.25) is 0 Å². The van der Waals surface area contributed by atoms with Crippen molar-refractivity contribution in [2.45, 2.75) is 16.7 Å². The molecule has 0 aliphatic carbocycles. The molecule has 0 radical (unpaired) electrons. The number of benzene rings is 2. The van der Waals surface area contributed by atoms with E-state index >= 15 is 0 Å². The average Bonchev–Trinajstić information content (AvgIpc) is 2.39. The highest BCUT2D eigenvalue weighted by Gasteiger charge is 2.21. The van der Waals surface area contributed by atoms with Gasteiger partial charge in [0, 0.05) is 0 Å². The van der Waals surface area contributed by atoms with Crippen molar-refractivity contribution >= 4 is 9.84 Å². The number of ether oxygens (including phenoxy) is 1. The molecule has 18 heavy (non-hydrogen) atoms. The Hall–Kier alpha value is -1.81. The monoisotopic (exact) mass is 262 g/mol. The lowest BCUT2D eigenvalue weighted by Gasteiger charge is -2.09. The zero-order valence-electron chi connectivity index (χ0n) is 10.3. The van der Waals surface area contributed by atoms with Crippen molar-refractivity contribution in [1.82, 2.24) is 0 Å². The summed E-state index contributed by atoms with van der Waals surface area (Å²) in [5.41, 5.74) is 1.02. The predicted octanol–water partition coefficient (Wildman–Crippen LogP) is 2.84. The van der Waals surface area contributed by atoms with Gasteiger partial charge in [0.25, 0.3) is 0 Å². The van der Waals surface area contributed by atoms with Gasteiger partial charge in [-0.15, -0.1) is 0 Å². The summed E-state index contributed by atoms with van der Waals surface area (Å²) in [5, 5.41) is 0. The fourth-order valence-electron chi connectivity index (χ4n) is 1.69. The van der Waals surface area contributed by atoms with E-state index in [0.717, 1.165) is 5.56 Å². The van der Waals surface area contributed by atoms with E-state index in [2.05, 4.69) is 0 Å². The zero-order valence-corrected chi connectivity index (χ0v) is 11.1. The van der Waals surface area contributed by atoms with E-state index in [1.54, 1.807) is 48.5 Å². The minimum atomic E-state index is -3.52. The van der Waals surface area contributed by atoms with Gasteiger partial charge < -0.3 is 4.74 Å². The SMILES string of the molecule is COc1ccccc1S(=O)(=O)c1ccc(C)cc1. The molecule has 0 aliphatic rings. The summed E-state index contributed by atoms with van der Waals surface area (Å²) in [6.45, 7) is 1.92. The molecule has 0 heterocycles. The van der Waals surface area contributed by atoms with Crippen molar-refractivity contribution in [2.75, 3.05) is 7.11 Å². The molecular formula is C14H14O3S. The molecule has 94 valence electrons. The van der Waals surface area contributed by atoms with Gasteiger partial charge in [-0.05, 0) is 31.2 Å². The Morgan fingerprint density at radius 1 is 0.944 bits per heavy atom. The van der Waals surface area contributed by atoms with Gasteiger partial charge in [-0.25, -0.2) is 8.42 Å². The molecule has 0 aromatic heterocycles. The first-order valence-corrected chi connectivity index (χ1v) is 6.99. The fraction of sp³-hybridized carbons (Fsp3) is 0.143. The summed E-state index contributed by atoms with van der Waals surface area (Å²) >= 11 is 0. The quantitative estimate of drug-likeness (QED) is 0.854. The molecular weight excluding hydrogens is 248 g/mol. The van der Waals surface area contributed by atoms with Crippen LogP contribution in [-0.2, 0) is 9.84 Å². The first-order valence-electron chi connectivity index (χ1n) is 5.50. The van der Waals surface area contributed by atoms with Gasteiger partial charge in [0.2, 0.25) is 9.84 Å². The molecule has 2 aromatic rings. The van der Waals surface area contributed by atoms with Crippen molar-refractivity contribution in [3.63, 3.8) is 0 Å². The molecule has 0 amide bonds. The molecule has 0 fully saturated rings. The van der Waals surface area contributed by atoms with Gasteiger partial charge in [0.05, 0.1) is 12.0 Å². The molecule has 0 atom stereocenters. The number of methoxy groups -OCH3 is 1. The Bertz CT molecular complexity index is 643. The first kappa shape index (κ1) is 12.6. The van der Waals surface area contributed by atoms with E-state index in [1.807, 2.05) is 6.92 Å². The molecule has 4 heteroatoms. The summed E-state index contributed by atoms with van der Waals surface area (Å²) in [6.07, 6.45) is 0. The van der Waals surface area contributed by atoms with Crippen molar-refractivity contribution in [3.8, 4) is 5.75 Å². The van der Waals surface area contributed by atoms with Gasteiger partial charge in [-0.1, -0.05) is 29.8 Å². The fourth-order valence-corrected chi connectivity index (χ4v) is 3.11. The van der Waals surface area contributed by atoms with E-state index in [0.29, 0.717) is 5.75 Å². The van der Waals surface area contributed by atoms with Crippen LogP contribution in [0.2, 0.25) is 0 Å². The largest absolute Gasteiger partial charge is 0.495 e. The standard InChI is InChI=1S/C14H14O3S/c1-11-7-9-12(10-8-11)18(15,16)14-6-4-3-5-13(14)17-2/h3-10H,1-2H3. The predicted molar refractivity (Wildman–Crippen MR) is 69.6 cm³/mol. The molecule has 0 unspecified atom stereocenters. The smallest absolute Gasteiger partial charge is 0.210 e. The van der Waals surface area contributed by atoms with Crippen LogP contribution in [-0.4, -0.2) is 15.5 Å². The molecule has 3 nitrogen and oxygen atoms in total. The van der Waals surface area contributed by atoms with Crippen LogP contribution in [0.25, 0.3) is 0 Å². The van der Waals surface area contributed by atoms with Gasteiger partial charge in [-0.2, -0.15) is 0 Å². The Morgan fingerprint density at radius 3 is 2.17 bits per heavy atom. The van der Waals surface area contributed by atoms with Gasteiger partial charge >= 0.3 is 0 Å². The summed E-state index contributed by atoms with van der Waals surface area (Å²) < 4.78 is 30.0. The number of sulfone groups is 1. The van der Waals surface area contributed by atoms with Crippen LogP contribution in [0.4, 0.5) is 0 Å². The van der Waals surface area contributed by atoms with E-state index in [1.165, 1.54) is 7.11 Å². The number of hydrogen-bond acceptors (Lipinski definition) is 3. The second kappa shape index (κ2) is 4.82. The van der Waals surface area contributed by atoms with Crippen LogP contribution >= 0.6 is 0 Å². The number of hydrogen-bond donors (Lipinski definition) is 0. The summed E-state index contributed by atoms with van der Waals surface area (Å²) in [7, 11) is -2.06. The van der Waals surface area contributed by atoms with Crippen LogP contribution in [0.1, 0.15) is 5.56 Å². The number of para-hydroxylation sites is 1. The van der Waals surface area contributed by atoms with Gasteiger partial charge in [0.15, 0.2) is 0 Å². The maximum Gasteiger partial charge on any atom is 0.210 e. The molecule has 0 N–H and O–H groups in total. The van der Waals surface area contributed by atoms with E-state index in [-0.39, 0.29) is 9.79 Å². The highest BCUT2D eigenvalue weighted by molar-refractivity contribution is 7.91. The molecule has 0 bridgehead atoms. The van der Waals surface area contributed by atoms with Crippen LogP contribution < -0.4 is 4.74 Å². The van der Waals surface area contributed by atoms with Crippen molar-refractivity contribution < 1.29 is 13.2 Å². The van der Waals surface area contributed by atoms with Crippen molar-refractivity contribution in [1.29, 1.82) is 0 Å². The number of aryl methyl sites for hydroxylation is 1. The molecule has 0 spiro atoms. The zero-order chi connectivity index (χ0) is 13.2. The summed E-state index contributed by atoms with van der Waals surface area (Å²) in [4.78, 5) is 0.467. The third-order valence-corrected chi connectivity index (χ3v) is 4.50. The summed E-state index contributed by atoms with van der Waals surface area (Å²) in [5.74, 6) is 0.359. The second-order valence-electron chi connectivity index (χ2n) is 3.97. The lowest BCUT2D eigenvalue weighted by molar-refractivity contribution is 0.402. The Morgan fingerprint density at radius 2 is 1.56 bits per heavy atom. The minimum absolute atomic E-state index is 0.191. The maximum atomic E-state index is 12.4. The molecule has 0 saturated heterocycles. The van der Waals surface area contributed by atoms with E-state index in [9.17, 15) is 8.42 Å². The van der Waals surface area contributed by atoms with Crippen LogP contribution in [0.15, 0.2) is 58.3 Å². The third-order valence-electron chi connectivity index (χ3n) is 2.69. The Kier molecular flexibility index (Phi) is 3.39. The van der Waals surface area contributed by atoms with Crippen LogP contribution in [0.3, 0.4) is 0 Å². The molecule has 0 aliphatic heterocycles. The average molecular weight is 262 g/mol. The molecule has 2 rings (SSSR count). The van der Waals surface area contributed by atoms with Crippen LogP contribution in [0.5, 0.6) is 5.75 Å². The highest BCUT2D eigenvalue weighted by Crippen LogP contribution is 2.28. The van der Waals surface area contributed by atoms with Gasteiger partial charge in [0.1, 0.15) is 10.6 Å². The first-order chi connectivity index (χ1) is 8.55. The maximum absolute atomic E-state index is 12.4. The lowest BCUT2D eigenvalue weighted by atomic mass is 10.2.